The molecule has 4 nitrogen and oxygen atoms in total. The molecule has 18 heavy (non-hydrogen) atoms. The van der Waals surface area contributed by atoms with E-state index in [4.69, 9.17) is 28.3 Å². The van der Waals surface area contributed by atoms with Crippen molar-refractivity contribution in [2.45, 2.75) is 25.7 Å². The van der Waals surface area contributed by atoms with Gasteiger partial charge < -0.3 is 10.4 Å². The van der Waals surface area contributed by atoms with Crippen molar-refractivity contribution in [2.75, 3.05) is 5.32 Å². The molecule has 0 aliphatic rings. The molecule has 1 aromatic carbocycles. The Labute approximate surface area is 115 Å². The zero-order valence-electron chi connectivity index (χ0n) is 9.58. The lowest BCUT2D eigenvalue weighted by Gasteiger charge is -2.08. The minimum Gasteiger partial charge on any atom is -0.481 e. The second-order valence-corrected chi connectivity index (χ2v) is 4.56. The molecule has 98 valence electrons. The molecule has 0 fully saturated rings. The van der Waals surface area contributed by atoms with E-state index in [0.717, 1.165) is 0 Å². The van der Waals surface area contributed by atoms with Crippen LogP contribution in [0.4, 0.5) is 5.69 Å². The third-order valence-electron chi connectivity index (χ3n) is 2.27. The van der Waals surface area contributed by atoms with Gasteiger partial charge in [-0.3, -0.25) is 9.59 Å². The largest absolute Gasteiger partial charge is 0.481 e. The molecule has 0 aliphatic carbocycles. The molecule has 1 amide bonds. The minimum absolute atomic E-state index is 0.0696. The van der Waals surface area contributed by atoms with Crippen LogP contribution in [-0.2, 0) is 9.59 Å². The monoisotopic (exact) mass is 289 g/mol. The number of benzene rings is 1. The van der Waals surface area contributed by atoms with Gasteiger partial charge >= 0.3 is 5.97 Å². The van der Waals surface area contributed by atoms with Crippen molar-refractivity contribution in [2.24, 2.45) is 0 Å². The van der Waals surface area contributed by atoms with Crippen molar-refractivity contribution in [3.63, 3.8) is 0 Å². The SMILES string of the molecule is O=C(O)CCCCC(=O)Nc1c(Cl)cccc1Cl. The van der Waals surface area contributed by atoms with Crippen LogP contribution >= 0.6 is 23.2 Å². The molecule has 0 spiro atoms. The first kappa shape index (κ1) is 14.8. The highest BCUT2D eigenvalue weighted by Gasteiger charge is 2.09. The Morgan fingerprint density at radius 2 is 1.67 bits per heavy atom. The van der Waals surface area contributed by atoms with Gasteiger partial charge in [0.1, 0.15) is 0 Å². The number of nitrogens with one attached hydrogen (secondary N) is 1. The third-order valence-corrected chi connectivity index (χ3v) is 2.90. The summed E-state index contributed by atoms with van der Waals surface area (Å²) in [6.45, 7) is 0. The van der Waals surface area contributed by atoms with Crippen LogP contribution in [-0.4, -0.2) is 17.0 Å². The molecular formula is C12H13Cl2NO3. The zero-order chi connectivity index (χ0) is 13.5. The maximum atomic E-state index is 11.6. The Bertz CT molecular complexity index is 429. The van der Waals surface area contributed by atoms with Crippen LogP contribution in [0.15, 0.2) is 18.2 Å². The van der Waals surface area contributed by atoms with Crippen LogP contribution in [0, 0.1) is 0 Å². The van der Waals surface area contributed by atoms with E-state index in [1.54, 1.807) is 18.2 Å². The predicted octanol–water partition coefficient (Wildman–Crippen LogP) is 3.58. The molecule has 0 bridgehead atoms. The van der Waals surface area contributed by atoms with E-state index in [9.17, 15) is 9.59 Å². The zero-order valence-corrected chi connectivity index (χ0v) is 11.1. The van der Waals surface area contributed by atoms with Crippen molar-refractivity contribution < 1.29 is 14.7 Å². The van der Waals surface area contributed by atoms with Crippen molar-refractivity contribution in [1.82, 2.24) is 0 Å². The van der Waals surface area contributed by atoms with Crippen LogP contribution in [0.2, 0.25) is 10.0 Å². The number of hydrogen-bond donors (Lipinski definition) is 2. The van der Waals surface area contributed by atoms with Crippen LogP contribution in [0.3, 0.4) is 0 Å². The molecule has 0 saturated carbocycles. The first-order valence-corrected chi connectivity index (χ1v) is 6.22. The summed E-state index contributed by atoms with van der Waals surface area (Å²) in [6, 6.07) is 4.95. The van der Waals surface area contributed by atoms with Gasteiger partial charge in [-0.2, -0.15) is 0 Å². The van der Waals surface area contributed by atoms with Gasteiger partial charge in [-0.15, -0.1) is 0 Å². The Balaban J connectivity index is 2.43. The fourth-order valence-corrected chi connectivity index (χ4v) is 1.87. The van der Waals surface area contributed by atoms with Crippen molar-refractivity contribution in [3.8, 4) is 0 Å². The van der Waals surface area contributed by atoms with Crippen LogP contribution in [0.1, 0.15) is 25.7 Å². The van der Waals surface area contributed by atoms with Crippen molar-refractivity contribution in [1.29, 1.82) is 0 Å². The number of unbranched alkanes of at least 4 members (excludes halogenated alkanes) is 1. The number of carboxylic acids is 1. The first-order valence-electron chi connectivity index (χ1n) is 5.46. The number of anilines is 1. The van der Waals surface area contributed by atoms with Gasteiger partial charge in [-0.25, -0.2) is 0 Å². The molecule has 0 heterocycles. The molecule has 1 aromatic rings. The fourth-order valence-electron chi connectivity index (χ4n) is 1.38. The van der Waals surface area contributed by atoms with Crippen LogP contribution < -0.4 is 5.32 Å². The predicted molar refractivity (Wildman–Crippen MR) is 71.2 cm³/mol. The van der Waals surface area contributed by atoms with Crippen molar-refractivity contribution >= 4 is 40.8 Å². The highest BCUT2D eigenvalue weighted by Crippen LogP contribution is 2.29. The topological polar surface area (TPSA) is 66.4 Å². The average Bonchev–Trinajstić information content (AvgIpc) is 2.29. The molecule has 0 aliphatic heterocycles. The maximum Gasteiger partial charge on any atom is 0.303 e. The number of hydrogen-bond acceptors (Lipinski definition) is 2. The number of rotatable bonds is 6. The Morgan fingerprint density at radius 1 is 1.11 bits per heavy atom. The highest BCUT2D eigenvalue weighted by molar-refractivity contribution is 6.39. The molecule has 0 atom stereocenters. The number of para-hydroxylation sites is 1. The van der Waals surface area contributed by atoms with E-state index in [0.29, 0.717) is 28.6 Å². The number of carbonyl (C=O) groups is 2. The summed E-state index contributed by atoms with van der Waals surface area (Å²) < 4.78 is 0. The summed E-state index contributed by atoms with van der Waals surface area (Å²) in [5, 5.41) is 11.8. The van der Waals surface area contributed by atoms with Gasteiger partial charge in [0, 0.05) is 12.8 Å². The van der Waals surface area contributed by atoms with E-state index >= 15 is 0 Å². The molecular weight excluding hydrogens is 277 g/mol. The van der Waals surface area contributed by atoms with E-state index in [-0.39, 0.29) is 18.7 Å². The van der Waals surface area contributed by atoms with E-state index in [1.807, 2.05) is 0 Å². The molecule has 0 unspecified atom stereocenters. The summed E-state index contributed by atoms with van der Waals surface area (Å²) >= 11 is 11.8. The number of amides is 1. The summed E-state index contributed by atoms with van der Waals surface area (Å²) in [5.41, 5.74) is 0.393. The Morgan fingerprint density at radius 3 is 2.22 bits per heavy atom. The summed E-state index contributed by atoms with van der Waals surface area (Å²) in [5.74, 6) is -1.08. The number of carboxylic acid groups (broad SMARTS) is 1. The second kappa shape index (κ2) is 7.24. The van der Waals surface area contributed by atoms with E-state index < -0.39 is 5.97 Å². The van der Waals surface area contributed by atoms with Crippen molar-refractivity contribution in [3.05, 3.63) is 28.2 Å². The van der Waals surface area contributed by atoms with E-state index in [2.05, 4.69) is 5.32 Å². The fraction of sp³-hybridized carbons (Fsp3) is 0.333. The maximum absolute atomic E-state index is 11.6. The average molecular weight is 290 g/mol. The first-order chi connectivity index (χ1) is 8.50. The summed E-state index contributed by atoms with van der Waals surface area (Å²) in [7, 11) is 0. The summed E-state index contributed by atoms with van der Waals surface area (Å²) in [4.78, 5) is 21.9. The molecule has 0 aromatic heterocycles. The van der Waals surface area contributed by atoms with Gasteiger partial charge in [0.2, 0.25) is 5.91 Å². The van der Waals surface area contributed by atoms with Gasteiger partial charge in [-0.05, 0) is 25.0 Å². The number of halogens is 2. The Hall–Kier alpha value is -1.26. The van der Waals surface area contributed by atoms with Gasteiger partial charge in [0.25, 0.3) is 0 Å². The van der Waals surface area contributed by atoms with Gasteiger partial charge in [-0.1, -0.05) is 29.3 Å². The molecule has 2 N–H and O–H groups in total. The van der Waals surface area contributed by atoms with Gasteiger partial charge in [0.15, 0.2) is 0 Å². The van der Waals surface area contributed by atoms with Gasteiger partial charge in [0.05, 0.1) is 15.7 Å². The molecule has 6 heteroatoms. The summed E-state index contributed by atoms with van der Waals surface area (Å²) in [6.07, 6.45) is 1.30. The lowest BCUT2D eigenvalue weighted by Crippen LogP contribution is -2.12. The number of carbonyl (C=O) groups excluding carboxylic acids is 1. The minimum atomic E-state index is -0.857. The second-order valence-electron chi connectivity index (χ2n) is 3.75. The van der Waals surface area contributed by atoms with Crippen LogP contribution in [0.5, 0.6) is 0 Å². The lowest BCUT2D eigenvalue weighted by atomic mass is 10.2. The van der Waals surface area contributed by atoms with E-state index in [1.165, 1.54) is 0 Å². The van der Waals surface area contributed by atoms with Crippen LogP contribution in [0.25, 0.3) is 0 Å². The highest BCUT2D eigenvalue weighted by atomic mass is 35.5. The Kier molecular flexibility index (Phi) is 5.95. The standard InChI is InChI=1S/C12H13Cl2NO3/c13-8-4-3-5-9(14)12(8)15-10(16)6-1-2-7-11(17)18/h3-5H,1-2,6-7H2,(H,15,16)(H,17,18). The quantitative estimate of drug-likeness (QED) is 0.787. The smallest absolute Gasteiger partial charge is 0.303 e. The normalized spacial score (nSPS) is 10.1. The third kappa shape index (κ3) is 4.94. The number of aliphatic carboxylic acids is 1. The molecule has 1 rings (SSSR count). The molecule has 0 radical (unpaired) electrons. The molecule has 0 saturated heterocycles. The lowest BCUT2D eigenvalue weighted by molar-refractivity contribution is -0.137.